The third kappa shape index (κ3) is 1.93. The van der Waals surface area contributed by atoms with Crippen molar-refractivity contribution in [2.75, 3.05) is 6.54 Å². The molecule has 0 fully saturated rings. The second kappa shape index (κ2) is 4.80. The van der Waals surface area contributed by atoms with Crippen molar-refractivity contribution in [1.82, 2.24) is 4.98 Å². The summed E-state index contributed by atoms with van der Waals surface area (Å²) in [7, 11) is 0. The highest BCUT2D eigenvalue weighted by molar-refractivity contribution is 5.84. The summed E-state index contributed by atoms with van der Waals surface area (Å²) in [4.78, 5) is 3.66. The highest BCUT2D eigenvalue weighted by atomic mass is 15.0. The van der Waals surface area contributed by atoms with Crippen LogP contribution in [0.15, 0.2) is 54.6 Å². The van der Waals surface area contributed by atoms with Crippen LogP contribution in [0.4, 0.5) is 0 Å². The minimum Gasteiger partial charge on any atom is -0.353 e. The average Bonchev–Trinajstić information content (AvgIpc) is 2.88. The Bertz CT molecular complexity index is 728. The lowest BCUT2D eigenvalue weighted by atomic mass is 9.95. The molecular formula is C18H19N2+. The van der Waals surface area contributed by atoms with E-state index in [0.29, 0.717) is 6.04 Å². The lowest BCUT2D eigenvalue weighted by Gasteiger charge is -2.21. The Balaban J connectivity index is 1.75. The standard InChI is InChI=1S/C18H18N2/c1-2-6-13(7-3-1)12-17-18-15(10-11-19-17)14-8-4-5-9-16(14)20-18/h1-9,17,19-20H,10-12H2/p+1. The predicted molar refractivity (Wildman–Crippen MR) is 81.7 cm³/mol. The molecule has 0 amide bonds. The van der Waals surface area contributed by atoms with Gasteiger partial charge in [-0.2, -0.15) is 0 Å². The van der Waals surface area contributed by atoms with Gasteiger partial charge in [0.25, 0.3) is 0 Å². The molecule has 3 aromatic rings. The second-order valence-corrected chi connectivity index (χ2v) is 5.63. The normalized spacial score (nSPS) is 18.1. The Hall–Kier alpha value is -2.06. The highest BCUT2D eigenvalue weighted by Crippen LogP contribution is 2.28. The molecule has 2 nitrogen and oxygen atoms in total. The van der Waals surface area contributed by atoms with Crippen LogP contribution >= 0.6 is 0 Å². The number of aromatic nitrogens is 1. The van der Waals surface area contributed by atoms with Gasteiger partial charge in [-0.05, 0) is 17.2 Å². The summed E-state index contributed by atoms with van der Waals surface area (Å²) in [5.41, 5.74) is 5.66. The molecule has 1 unspecified atom stereocenters. The molecule has 2 heterocycles. The average molecular weight is 263 g/mol. The zero-order valence-electron chi connectivity index (χ0n) is 11.5. The van der Waals surface area contributed by atoms with Crippen LogP contribution < -0.4 is 5.32 Å². The van der Waals surface area contributed by atoms with Crippen molar-refractivity contribution in [3.8, 4) is 0 Å². The van der Waals surface area contributed by atoms with E-state index in [0.717, 1.165) is 6.42 Å². The summed E-state index contributed by atoms with van der Waals surface area (Å²) in [6, 6.07) is 20.0. The van der Waals surface area contributed by atoms with E-state index in [2.05, 4.69) is 64.9 Å². The number of H-pyrrole nitrogens is 1. The first kappa shape index (κ1) is 11.7. The third-order valence-electron chi connectivity index (χ3n) is 4.36. The minimum absolute atomic E-state index is 0.522. The summed E-state index contributed by atoms with van der Waals surface area (Å²) >= 11 is 0. The molecule has 4 rings (SSSR count). The fraction of sp³-hybridized carbons (Fsp3) is 0.222. The monoisotopic (exact) mass is 263 g/mol. The maximum atomic E-state index is 3.66. The van der Waals surface area contributed by atoms with Crippen LogP contribution in [-0.2, 0) is 12.8 Å². The van der Waals surface area contributed by atoms with Gasteiger partial charge in [0.2, 0.25) is 0 Å². The molecule has 20 heavy (non-hydrogen) atoms. The third-order valence-corrected chi connectivity index (χ3v) is 4.36. The first-order valence-corrected chi connectivity index (χ1v) is 7.38. The fourth-order valence-electron chi connectivity index (χ4n) is 3.41. The number of para-hydroxylation sites is 1. The molecule has 1 aliphatic rings. The second-order valence-electron chi connectivity index (χ2n) is 5.63. The van der Waals surface area contributed by atoms with E-state index >= 15 is 0 Å². The minimum atomic E-state index is 0.522. The van der Waals surface area contributed by atoms with Gasteiger partial charge >= 0.3 is 0 Å². The molecule has 100 valence electrons. The van der Waals surface area contributed by atoms with E-state index in [1.165, 1.54) is 40.7 Å². The maximum Gasteiger partial charge on any atom is 0.131 e. The number of nitrogens with one attached hydrogen (secondary N) is 1. The molecule has 0 bridgehead atoms. The highest BCUT2D eigenvalue weighted by Gasteiger charge is 2.26. The van der Waals surface area contributed by atoms with Crippen LogP contribution in [0.1, 0.15) is 22.9 Å². The van der Waals surface area contributed by atoms with E-state index in [1.54, 1.807) is 0 Å². The maximum absolute atomic E-state index is 3.66. The number of aromatic amines is 1. The molecule has 0 saturated heterocycles. The smallest absolute Gasteiger partial charge is 0.131 e. The van der Waals surface area contributed by atoms with Crippen LogP contribution in [0, 0.1) is 0 Å². The summed E-state index contributed by atoms with van der Waals surface area (Å²) in [5.74, 6) is 0. The summed E-state index contributed by atoms with van der Waals surface area (Å²) in [6.07, 6.45) is 2.27. The molecule has 0 radical (unpaired) electrons. The van der Waals surface area contributed by atoms with Crippen molar-refractivity contribution in [3.05, 3.63) is 71.4 Å². The van der Waals surface area contributed by atoms with E-state index in [4.69, 9.17) is 0 Å². The van der Waals surface area contributed by atoms with Crippen molar-refractivity contribution >= 4 is 10.9 Å². The van der Waals surface area contributed by atoms with Gasteiger partial charge in [-0.15, -0.1) is 0 Å². The number of benzene rings is 2. The molecule has 3 N–H and O–H groups in total. The van der Waals surface area contributed by atoms with Crippen molar-refractivity contribution in [2.24, 2.45) is 0 Å². The van der Waals surface area contributed by atoms with Crippen LogP contribution in [-0.4, -0.2) is 11.5 Å². The van der Waals surface area contributed by atoms with E-state index in [9.17, 15) is 0 Å². The molecule has 1 atom stereocenters. The van der Waals surface area contributed by atoms with E-state index in [1.807, 2.05) is 0 Å². The molecular weight excluding hydrogens is 244 g/mol. The van der Waals surface area contributed by atoms with Gasteiger partial charge in [0, 0.05) is 23.7 Å². The van der Waals surface area contributed by atoms with Gasteiger partial charge in [-0.1, -0.05) is 48.5 Å². The van der Waals surface area contributed by atoms with Crippen LogP contribution in [0.5, 0.6) is 0 Å². The number of rotatable bonds is 2. The number of hydrogen-bond acceptors (Lipinski definition) is 0. The van der Waals surface area contributed by atoms with E-state index in [-0.39, 0.29) is 0 Å². The van der Waals surface area contributed by atoms with Crippen LogP contribution in [0.25, 0.3) is 10.9 Å². The molecule has 2 aromatic carbocycles. The molecule has 1 aromatic heterocycles. The SMILES string of the molecule is c1ccc(CC2[NH2+]CCc3c2[nH]c2ccccc32)cc1. The van der Waals surface area contributed by atoms with Gasteiger partial charge in [-0.25, -0.2) is 0 Å². The van der Waals surface area contributed by atoms with Crippen molar-refractivity contribution in [1.29, 1.82) is 0 Å². The molecule has 2 heteroatoms. The first-order chi connectivity index (χ1) is 9.92. The molecule has 0 saturated carbocycles. The van der Waals surface area contributed by atoms with Crippen LogP contribution in [0.2, 0.25) is 0 Å². The fourth-order valence-corrected chi connectivity index (χ4v) is 3.41. The zero-order chi connectivity index (χ0) is 13.4. The molecule has 1 aliphatic heterocycles. The summed E-state index contributed by atoms with van der Waals surface area (Å²) < 4.78 is 0. The van der Waals surface area contributed by atoms with Crippen molar-refractivity contribution < 1.29 is 5.32 Å². The Kier molecular flexibility index (Phi) is 2.82. The lowest BCUT2D eigenvalue weighted by molar-refractivity contribution is -0.699. The topological polar surface area (TPSA) is 32.4 Å². The lowest BCUT2D eigenvalue weighted by Crippen LogP contribution is -2.87. The summed E-state index contributed by atoms with van der Waals surface area (Å²) in [5, 5.41) is 3.89. The summed E-state index contributed by atoms with van der Waals surface area (Å²) in [6.45, 7) is 1.19. The molecule has 0 aliphatic carbocycles. The van der Waals surface area contributed by atoms with Gasteiger partial charge in [0.05, 0.1) is 12.2 Å². The quantitative estimate of drug-likeness (QED) is 0.712. The Morgan fingerprint density at radius 3 is 2.70 bits per heavy atom. The van der Waals surface area contributed by atoms with Gasteiger partial charge in [-0.3, -0.25) is 0 Å². The number of quaternary nitrogens is 1. The van der Waals surface area contributed by atoms with E-state index < -0.39 is 0 Å². The Morgan fingerprint density at radius 2 is 1.80 bits per heavy atom. The van der Waals surface area contributed by atoms with Crippen molar-refractivity contribution in [3.63, 3.8) is 0 Å². The Morgan fingerprint density at radius 1 is 1.00 bits per heavy atom. The van der Waals surface area contributed by atoms with Gasteiger partial charge in [0.1, 0.15) is 6.04 Å². The van der Waals surface area contributed by atoms with Crippen molar-refractivity contribution in [2.45, 2.75) is 18.9 Å². The number of nitrogens with two attached hydrogens (primary N) is 1. The first-order valence-electron chi connectivity index (χ1n) is 7.38. The Labute approximate surface area is 118 Å². The number of hydrogen-bond donors (Lipinski definition) is 2. The zero-order valence-corrected chi connectivity index (χ0v) is 11.5. The van der Waals surface area contributed by atoms with Gasteiger partial charge < -0.3 is 10.3 Å². The van der Waals surface area contributed by atoms with Gasteiger partial charge in [0.15, 0.2) is 0 Å². The number of fused-ring (bicyclic) bond motifs is 3. The van der Waals surface area contributed by atoms with Crippen LogP contribution in [0.3, 0.4) is 0 Å². The molecule has 0 spiro atoms. The largest absolute Gasteiger partial charge is 0.353 e. The predicted octanol–water partition coefficient (Wildman–Crippen LogP) is 2.57.